The minimum Gasteiger partial charge on any atom is -0.462 e. The van der Waals surface area contributed by atoms with Crippen LogP contribution in [0.5, 0.6) is 0 Å². The van der Waals surface area contributed by atoms with Gasteiger partial charge in [-0.2, -0.15) is 0 Å². The van der Waals surface area contributed by atoms with E-state index in [1.54, 1.807) is 13.8 Å². The maximum Gasteiger partial charge on any atom is 0.341 e. The first-order chi connectivity index (χ1) is 18.9. The van der Waals surface area contributed by atoms with Gasteiger partial charge in [-0.3, -0.25) is 14.7 Å². The van der Waals surface area contributed by atoms with Crippen molar-refractivity contribution in [2.75, 3.05) is 25.0 Å². The smallest absolute Gasteiger partial charge is 0.341 e. The van der Waals surface area contributed by atoms with Crippen molar-refractivity contribution < 1.29 is 23.9 Å². The van der Waals surface area contributed by atoms with E-state index < -0.39 is 23.9 Å². The molecule has 1 atom stereocenters. The van der Waals surface area contributed by atoms with Crippen molar-refractivity contribution in [2.45, 2.75) is 71.9 Å². The molecule has 0 fully saturated rings. The molecule has 0 radical (unpaired) electrons. The van der Waals surface area contributed by atoms with Crippen LogP contribution in [0.15, 0.2) is 24.3 Å². The number of aromatic nitrogens is 1. The third kappa shape index (κ3) is 5.56. The van der Waals surface area contributed by atoms with Crippen LogP contribution in [0.3, 0.4) is 0 Å². The molecular weight excluding hydrogens is 514 g/mol. The van der Waals surface area contributed by atoms with Gasteiger partial charge in [0, 0.05) is 41.0 Å². The molecule has 0 saturated heterocycles. The fourth-order valence-electron chi connectivity index (χ4n) is 5.55. The van der Waals surface area contributed by atoms with Gasteiger partial charge in [0.05, 0.1) is 23.3 Å². The second-order valence-corrected chi connectivity index (χ2v) is 11.2. The Kier molecular flexibility index (Phi) is 8.28. The summed E-state index contributed by atoms with van der Waals surface area (Å²) in [5.74, 6) is -1.45. The lowest BCUT2D eigenvalue weighted by Crippen LogP contribution is -2.34. The minimum absolute atomic E-state index is 0.255. The van der Waals surface area contributed by atoms with Gasteiger partial charge in [-0.05, 0) is 64.1 Å². The summed E-state index contributed by atoms with van der Waals surface area (Å²) in [6.07, 6.45) is 4.43. The number of para-hydroxylation sites is 1. The number of anilines is 1. The van der Waals surface area contributed by atoms with Gasteiger partial charge in [0.25, 0.3) is 5.91 Å². The van der Waals surface area contributed by atoms with Crippen LogP contribution >= 0.6 is 11.3 Å². The molecule has 1 aliphatic carbocycles. The van der Waals surface area contributed by atoms with E-state index in [1.165, 1.54) is 11.3 Å². The van der Waals surface area contributed by atoms with Crippen LogP contribution in [0.4, 0.5) is 5.00 Å². The Morgan fingerprint density at radius 2 is 1.85 bits per heavy atom. The highest BCUT2D eigenvalue weighted by molar-refractivity contribution is 7.17. The van der Waals surface area contributed by atoms with Gasteiger partial charge in [-0.15, -0.1) is 11.3 Å². The third-order valence-corrected chi connectivity index (χ3v) is 8.62. The van der Waals surface area contributed by atoms with Crippen LogP contribution in [0, 0.1) is 0 Å². The second-order valence-electron chi connectivity index (χ2n) is 10.1. The molecule has 5 rings (SSSR count). The highest BCUT2D eigenvalue weighted by atomic mass is 32.1. The Morgan fingerprint density at radius 3 is 2.64 bits per heavy atom. The van der Waals surface area contributed by atoms with Gasteiger partial charge in [0.1, 0.15) is 5.00 Å². The molecule has 1 aliphatic heterocycles. The van der Waals surface area contributed by atoms with Crippen molar-refractivity contribution in [3.63, 3.8) is 0 Å². The van der Waals surface area contributed by atoms with Gasteiger partial charge < -0.3 is 14.8 Å². The first-order valence-electron chi connectivity index (χ1n) is 13.9. The molecule has 2 aliphatic rings. The highest BCUT2D eigenvalue weighted by Crippen LogP contribution is 2.39. The zero-order valence-electron chi connectivity index (χ0n) is 22.8. The number of amides is 1. The number of aryl methyl sites for hydroxylation is 1. The van der Waals surface area contributed by atoms with E-state index in [1.807, 2.05) is 24.3 Å². The lowest BCUT2D eigenvalue weighted by Gasteiger charge is -2.29. The average Bonchev–Trinajstić information content (AvgIpc) is 3.29. The number of benzene rings is 1. The van der Waals surface area contributed by atoms with E-state index in [9.17, 15) is 14.4 Å². The maximum atomic E-state index is 13.7. The number of hydrogen-bond donors (Lipinski definition) is 1. The maximum absolute atomic E-state index is 13.7. The standard InChI is InChI=1S/C30H35N3O5S/c1-4-15-33-16-14-23-21(17-33)25(19-10-6-8-12-22(19)31-23)30(36)38-18(3)27(34)32-28-26(29(35)37-5-2)20-11-7-9-13-24(20)39-28/h6,8,10,12,18H,4-5,7,9,11,13-17H2,1-3H3,(H,32,34). The van der Waals surface area contributed by atoms with Gasteiger partial charge in [-0.25, -0.2) is 9.59 Å². The number of nitrogens with zero attached hydrogens (tertiary/aromatic N) is 2. The number of thiophene rings is 1. The zero-order valence-corrected chi connectivity index (χ0v) is 23.6. The number of fused-ring (bicyclic) bond motifs is 3. The number of hydrogen-bond acceptors (Lipinski definition) is 8. The molecule has 2 aromatic heterocycles. The normalized spacial score (nSPS) is 15.8. The van der Waals surface area contributed by atoms with E-state index in [4.69, 9.17) is 14.5 Å². The number of esters is 2. The first-order valence-corrected chi connectivity index (χ1v) is 14.7. The predicted octanol–water partition coefficient (Wildman–Crippen LogP) is 5.30. The summed E-state index contributed by atoms with van der Waals surface area (Å²) in [7, 11) is 0. The van der Waals surface area contributed by atoms with Crippen LogP contribution in [0.25, 0.3) is 10.9 Å². The van der Waals surface area contributed by atoms with Crippen molar-refractivity contribution in [3.05, 3.63) is 57.1 Å². The first kappa shape index (κ1) is 27.3. The molecule has 1 aromatic carbocycles. The van der Waals surface area contributed by atoms with E-state index >= 15 is 0 Å². The highest BCUT2D eigenvalue weighted by Gasteiger charge is 2.31. The fraction of sp³-hybridized carbons (Fsp3) is 0.467. The van der Waals surface area contributed by atoms with Crippen molar-refractivity contribution in [1.29, 1.82) is 0 Å². The van der Waals surface area contributed by atoms with E-state index in [-0.39, 0.29) is 6.61 Å². The number of pyridine rings is 1. The molecule has 39 heavy (non-hydrogen) atoms. The third-order valence-electron chi connectivity index (χ3n) is 7.41. The van der Waals surface area contributed by atoms with Crippen LogP contribution in [-0.2, 0) is 40.1 Å². The average molecular weight is 550 g/mol. The summed E-state index contributed by atoms with van der Waals surface area (Å²) in [5.41, 5.74) is 4.42. The molecule has 206 valence electrons. The van der Waals surface area contributed by atoms with Crippen molar-refractivity contribution >= 4 is 45.1 Å². The van der Waals surface area contributed by atoms with E-state index in [0.29, 0.717) is 22.7 Å². The second kappa shape index (κ2) is 11.8. The number of ether oxygens (including phenoxy) is 2. The molecular formula is C30H35N3O5S. The van der Waals surface area contributed by atoms with Crippen molar-refractivity contribution in [3.8, 4) is 0 Å². The monoisotopic (exact) mass is 549 g/mol. The molecule has 1 amide bonds. The summed E-state index contributed by atoms with van der Waals surface area (Å²) < 4.78 is 11.1. The molecule has 1 N–H and O–H groups in total. The Hall–Kier alpha value is -3.30. The Balaban J connectivity index is 1.40. The summed E-state index contributed by atoms with van der Waals surface area (Å²) >= 11 is 1.42. The Bertz CT molecular complexity index is 1420. The van der Waals surface area contributed by atoms with Crippen LogP contribution < -0.4 is 5.32 Å². The van der Waals surface area contributed by atoms with E-state index in [2.05, 4.69) is 17.1 Å². The van der Waals surface area contributed by atoms with Crippen LogP contribution in [0.1, 0.15) is 82.4 Å². The molecule has 3 aromatic rings. The van der Waals surface area contributed by atoms with Crippen LogP contribution in [0.2, 0.25) is 0 Å². The Morgan fingerprint density at radius 1 is 1.05 bits per heavy atom. The summed E-state index contributed by atoms with van der Waals surface area (Å²) in [5, 5.41) is 4.06. The number of rotatable bonds is 8. The lowest BCUT2D eigenvalue weighted by atomic mass is 9.95. The fourth-order valence-corrected chi connectivity index (χ4v) is 6.83. The summed E-state index contributed by atoms with van der Waals surface area (Å²) in [6.45, 7) is 8.17. The van der Waals surface area contributed by atoms with Gasteiger partial charge in [0.2, 0.25) is 0 Å². The number of carbonyl (C=O) groups is 3. The zero-order chi connectivity index (χ0) is 27.5. The van der Waals surface area contributed by atoms with Gasteiger partial charge in [-0.1, -0.05) is 25.1 Å². The Labute approximate surface area is 232 Å². The number of nitrogens with one attached hydrogen (secondary N) is 1. The molecule has 3 heterocycles. The molecule has 9 heteroatoms. The topological polar surface area (TPSA) is 97.8 Å². The summed E-state index contributed by atoms with van der Waals surface area (Å²) in [4.78, 5) is 48.0. The van der Waals surface area contributed by atoms with Gasteiger partial charge in [0.15, 0.2) is 6.10 Å². The number of carbonyl (C=O) groups excluding carboxylic acids is 3. The van der Waals surface area contributed by atoms with Crippen LogP contribution in [-0.4, -0.2) is 53.5 Å². The minimum atomic E-state index is -1.07. The largest absolute Gasteiger partial charge is 0.462 e. The quantitative estimate of drug-likeness (QED) is 0.381. The molecule has 0 saturated carbocycles. The van der Waals surface area contributed by atoms with Gasteiger partial charge >= 0.3 is 11.9 Å². The van der Waals surface area contributed by atoms with Crippen molar-refractivity contribution in [2.24, 2.45) is 0 Å². The SMILES string of the molecule is CCCN1CCc2nc3ccccc3c(C(=O)OC(C)C(=O)Nc3sc4c(c3C(=O)OCC)CCCC4)c2C1. The molecule has 0 spiro atoms. The molecule has 0 bridgehead atoms. The summed E-state index contributed by atoms with van der Waals surface area (Å²) in [6, 6.07) is 7.56. The molecule has 1 unspecified atom stereocenters. The predicted molar refractivity (Wildman–Crippen MR) is 151 cm³/mol. The van der Waals surface area contributed by atoms with E-state index in [0.717, 1.165) is 84.2 Å². The lowest BCUT2D eigenvalue weighted by molar-refractivity contribution is -0.123. The molecule has 8 nitrogen and oxygen atoms in total. The van der Waals surface area contributed by atoms with Crippen molar-refractivity contribution in [1.82, 2.24) is 9.88 Å².